The molecule has 1 aromatic carbocycles. The number of rotatable bonds is 6. The van der Waals surface area contributed by atoms with Gasteiger partial charge >= 0.3 is 5.97 Å². The largest absolute Gasteiger partial charge is 0.480 e. The molecule has 2 rings (SSSR count). The van der Waals surface area contributed by atoms with E-state index in [9.17, 15) is 19.5 Å². The molecule has 0 saturated carbocycles. The van der Waals surface area contributed by atoms with Crippen molar-refractivity contribution in [1.82, 2.24) is 15.6 Å². The molecular formula is C17H15Cl2N3O4. The summed E-state index contributed by atoms with van der Waals surface area (Å²) in [5.74, 6) is -2.63. The summed E-state index contributed by atoms with van der Waals surface area (Å²) in [6.45, 7) is 1.39. The van der Waals surface area contributed by atoms with Crippen LogP contribution in [0.5, 0.6) is 0 Å². The van der Waals surface area contributed by atoms with Crippen LogP contribution in [0.1, 0.15) is 26.5 Å². The molecular weight excluding hydrogens is 381 g/mol. The third kappa shape index (κ3) is 4.93. The minimum Gasteiger partial charge on any atom is -0.480 e. The van der Waals surface area contributed by atoms with Gasteiger partial charge in [-0.2, -0.15) is 0 Å². The lowest BCUT2D eigenvalue weighted by molar-refractivity contribution is -0.139. The molecule has 0 fully saturated rings. The topological polar surface area (TPSA) is 108 Å². The predicted octanol–water partition coefficient (Wildman–Crippen LogP) is 2.31. The molecule has 2 aromatic rings. The molecule has 2 amide bonds. The maximum atomic E-state index is 12.3. The second-order valence-corrected chi connectivity index (χ2v) is 6.15. The summed E-state index contributed by atoms with van der Waals surface area (Å²) in [6, 6.07) is 8.00. The van der Waals surface area contributed by atoms with E-state index in [1.807, 2.05) is 0 Å². The summed E-state index contributed by atoms with van der Waals surface area (Å²) in [5, 5.41) is 14.2. The van der Waals surface area contributed by atoms with Gasteiger partial charge in [0.15, 0.2) is 0 Å². The van der Waals surface area contributed by atoms with Crippen LogP contribution in [0.2, 0.25) is 10.0 Å². The van der Waals surface area contributed by atoms with E-state index in [4.69, 9.17) is 23.2 Å². The Morgan fingerprint density at radius 1 is 1.08 bits per heavy atom. The summed E-state index contributed by atoms with van der Waals surface area (Å²) in [7, 11) is 0. The quantitative estimate of drug-likeness (QED) is 0.695. The van der Waals surface area contributed by atoms with Gasteiger partial charge in [0.05, 0.1) is 15.6 Å². The number of benzene rings is 1. The lowest BCUT2D eigenvalue weighted by Crippen LogP contribution is -2.48. The summed E-state index contributed by atoms with van der Waals surface area (Å²) in [5.41, 5.74) is 0.762. The first-order valence-corrected chi connectivity index (χ1v) is 8.24. The normalized spacial score (nSPS) is 11.5. The Hall–Kier alpha value is -2.64. The molecule has 26 heavy (non-hydrogen) atoms. The minimum absolute atomic E-state index is 0.0336. The highest BCUT2D eigenvalue weighted by Crippen LogP contribution is 2.24. The molecule has 0 aliphatic heterocycles. The molecule has 3 N–H and O–H groups in total. The first-order chi connectivity index (χ1) is 12.3. The van der Waals surface area contributed by atoms with Crippen LogP contribution in [0, 0.1) is 6.92 Å². The molecule has 1 heterocycles. The van der Waals surface area contributed by atoms with E-state index in [1.165, 1.54) is 18.2 Å². The predicted molar refractivity (Wildman–Crippen MR) is 96.7 cm³/mol. The zero-order valence-electron chi connectivity index (χ0n) is 13.6. The van der Waals surface area contributed by atoms with Crippen molar-refractivity contribution in [3.05, 3.63) is 63.4 Å². The number of aryl methyl sites for hydroxylation is 1. The Kier molecular flexibility index (Phi) is 6.54. The van der Waals surface area contributed by atoms with Crippen molar-refractivity contribution in [2.24, 2.45) is 0 Å². The summed E-state index contributed by atoms with van der Waals surface area (Å²) in [4.78, 5) is 39.8. The number of aliphatic carboxylic acids is 1. The van der Waals surface area contributed by atoms with Gasteiger partial charge in [0.25, 0.3) is 11.8 Å². The highest BCUT2D eigenvalue weighted by atomic mass is 35.5. The standard InChI is InChI=1S/C17H15Cl2N3O4/c1-9-4-2-7-12(21-9)15(23)20-8-13(17(25)26)22-16(24)14-10(18)5-3-6-11(14)19/h2-7,13H,8H2,1H3,(H,20,23)(H,22,24)(H,25,26)/t13-/m0/s1. The molecule has 0 unspecified atom stereocenters. The molecule has 7 nitrogen and oxygen atoms in total. The van der Waals surface area contributed by atoms with E-state index in [0.717, 1.165) is 0 Å². The SMILES string of the molecule is Cc1cccc(C(=O)NC[C@H](NC(=O)c2c(Cl)cccc2Cl)C(=O)O)n1. The summed E-state index contributed by atoms with van der Waals surface area (Å²) in [6.07, 6.45) is 0. The zero-order valence-corrected chi connectivity index (χ0v) is 15.1. The third-order valence-electron chi connectivity index (χ3n) is 3.38. The number of carboxylic acids is 1. The third-order valence-corrected chi connectivity index (χ3v) is 4.01. The highest BCUT2D eigenvalue weighted by molar-refractivity contribution is 6.39. The van der Waals surface area contributed by atoms with Gasteiger partial charge in [-0.15, -0.1) is 0 Å². The number of hydrogen-bond acceptors (Lipinski definition) is 4. The van der Waals surface area contributed by atoms with Crippen molar-refractivity contribution >= 4 is 41.0 Å². The molecule has 1 aromatic heterocycles. The van der Waals surface area contributed by atoms with Gasteiger partial charge in [0.2, 0.25) is 0 Å². The van der Waals surface area contributed by atoms with Gasteiger partial charge in [-0.3, -0.25) is 9.59 Å². The van der Waals surface area contributed by atoms with Gasteiger partial charge in [0, 0.05) is 12.2 Å². The number of amides is 2. The number of halogens is 2. The maximum absolute atomic E-state index is 12.3. The summed E-state index contributed by atoms with van der Waals surface area (Å²) >= 11 is 11.9. The molecule has 136 valence electrons. The van der Waals surface area contributed by atoms with Crippen molar-refractivity contribution in [2.75, 3.05) is 6.54 Å². The minimum atomic E-state index is -1.37. The van der Waals surface area contributed by atoms with Gasteiger partial charge in [-0.1, -0.05) is 35.3 Å². The van der Waals surface area contributed by atoms with Crippen LogP contribution in [-0.4, -0.2) is 40.5 Å². The zero-order chi connectivity index (χ0) is 19.3. The van der Waals surface area contributed by atoms with Crippen LogP contribution in [0.25, 0.3) is 0 Å². The van der Waals surface area contributed by atoms with Crippen molar-refractivity contribution < 1.29 is 19.5 Å². The molecule has 0 radical (unpaired) electrons. The van der Waals surface area contributed by atoms with Crippen LogP contribution in [-0.2, 0) is 4.79 Å². The fourth-order valence-corrected chi connectivity index (χ4v) is 2.67. The molecule has 0 bridgehead atoms. The number of nitrogens with zero attached hydrogens (tertiary/aromatic N) is 1. The number of aromatic nitrogens is 1. The van der Waals surface area contributed by atoms with Crippen molar-refractivity contribution in [3.63, 3.8) is 0 Å². The van der Waals surface area contributed by atoms with Gasteiger partial charge < -0.3 is 15.7 Å². The van der Waals surface area contributed by atoms with Crippen LogP contribution in [0.3, 0.4) is 0 Å². The maximum Gasteiger partial charge on any atom is 0.328 e. The average molecular weight is 396 g/mol. The average Bonchev–Trinajstić information content (AvgIpc) is 2.57. The van der Waals surface area contributed by atoms with Crippen molar-refractivity contribution in [2.45, 2.75) is 13.0 Å². The fourth-order valence-electron chi connectivity index (χ4n) is 2.10. The number of carbonyl (C=O) groups is 3. The second kappa shape index (κ2) is 8.64. The second-order valence-electron chi connectivity index (χ2n) is 5.34. The Bertz CT molecular complexity index is 837. The Balaban J connectivity index is 2.06. The highest BCUT2D eigenvalue weighted by Gasteiger charge is 2.24. The number of hydrogen-bond donors (Lipinski definition) is 3. The molecule has 0 aliphatic carbocycles. The van der Waals surface area contributed by atoms with Crippen LogP contribution >= 0.6 is 23.2 Å². The van der Waals surface area contributed by atoms with Crippen molar-refractivity contribution in [3.8, 4) is 0 Å². The van der Waals surface area contributed by atoms with E-state index in [2.05, 4.69) is 15.6 Å². The Morgan fingerprint density at radius 2 is 1.69 bits per heavy atom. The van der Waals surface area contributed by atoms with Crippen LogP contribution in [0.15, 0.2) is 36.4 Å². The Labute approximate surface area is 159 Å². The number of pyridine rings is 1. The molecule has 9 heteroatoms. The first kappa shape index (κ1) is 19.7. The van der Waals surface area contributed by atoms with Gasteiger partial charge in [-0.05, 0) is 31.2 Å². The lowest BCUT2D eigenvalue weighted by atomic mass is 10.2. The first-order valence-electron chi connectivity index (χ1n) is 7.49. The lowest BCUT2D eigenvalue weighted by Gasteiger charge is -2.16. The van der Waals surface area contributed by atoms with Gasteiger partial charge in [-0.25, -0.2) is 9.78 Å². The van der Waals surface area contributed by atoms with Gasteiger partial charge in [0.1, 0.15) is 11.7 Å². The number of nitrogens with one attached hydrogen (secondary N) is 2. The molecule has 0 aliphatic rings. The molecule has 0 saturated heterocycles. The van der Waals surface area contributed by atoms with Crippen molar-refractivity contribution in [1.29, 1.82) is 0 Å². The smallest absolute Gasteiger partial charge is 0.328 e. The number of carboxylic acid groups (broad SMARTS) is 1. The van der Waals surface area contributed by atoms with E-state index >= 15 is 0 Å². The van der Waals surface area contributed by atoms with E-state index in [0.29, 0.717) is 5.69 Å². The van der Waals surface area contributed by atoms with E-state index in [1.54, 1.807) is 25.1 Å². The number of carbonyl (C=O) groups excluding carboxylic acids is 2. The van der Waals surface area contributed by atoms with E-state index < -0.39 is 23.8 Å². The fraction of sp³-hybridized carbons (Fsp3) is 0.176. The Morgan fingerprint density at radius 3 is 2.27 bits per heavy atom. The summed E-state index contributed by atoms with van der Waals surface area (Å²) < 4.78 is 0. The monoisotopic (exact) mass is 395 g/mol. The van der Waals surface area contributed by atoms with Crippen LogP contribution in [0.4, 0.5) is 0 Å². The molecule has 0 spiro atoms. The molecule has 1 atom stereocenters. The van der Waals surface area contributed by atoms with E-state index in [-0.39, 0.29) is 27.8 Å². The van der Waals surface area contributed by atoms with Crippen LogP contribution < -0.4 is 10.6 Å².